The van der Waals surface area contributed by atoms with Crippen LogP contribution in [0.15, 0.2) is 15.9 Å². The van der Waals surface area contributed by atoms with Crippen molar-refractivity contribution < 1.29 is 4.79 Å². The number of carbonyl (C=O) groups is 1. The lowest BCUT2D eigenvalue weighted by atomic mass is 9.95. The van der Waals surface area contributed by atoms with Crippen molar-refractivity contribution in [3.8, 4) is 0 Å². The fourth-order valence-electron chi connectivity index (χ4n) is 2.19. The van der Waals surface area contributed by atoms with Gasteiger partial charge in [0.1, 0.15) is 5.78 Å². The Balaban J connectivity index is 1.98. The lowest BCUT2D eigenvalue weighted by Gasteiger charge is -2.11. The summed E-state index contributed by atoms with van der Waals surface area (Å²) < 4.78 is 1.21. The first-order valence-electron chi connectivity index (χ1n) is 5.49. The van der Waals surface area contributed by atoms with Crippen LogP contribution in [-0.4, -0.2) is 5.78 Å². The van der Waals surface area contributed by atoms with Crippen LogP contribution in [0.2, 0.25) is 0 Å². The number of rotatable bonds is 2. The molecule has 0 amide bonds. The van der Waals surface area contributed by atoms with Crippen molar-refractivity contribution in [2.24, 2.45) is 5.92 Å². The van der Waals surface area contributed by atoms with Gasteiger partial charge in [0, 0.05) is 22.2 Å². The molecule has 0 spiro atoms. The molecule has 0 aliphatic heterocycles. The number of thiophene rings is 1. The Hall–Kier alpha value is -0.150. The molecule has 0 N–H and O–H groups in total. The molecule has 1 aliphatic carbocycles. The summed E-state index contributed by atoms with van der Waals surface area (Å²) in [4.78, 5) is 12.9. The number of hydrogen-bond acceptors (Lipinski definition) is 2. The molecular formula is C12H15BrOS. The third-order valence-electron chi connectivity index (χ3n) is 3.00. The van der Waals surface area contributed by atoms with Crippen molar-refractivity contribution >= 4 is 33.0 Å². The van der Waals surface area contributed by atoms with E-state index in [9.17, 15) is 4.79 Å². The van der Waals surface area contributed by atoms with Crippen LogP contribution in [0.25, 0.3) is 0 Å². The normalized spacial score (nSPS) is 22.7. The molecule has 1 unspecified atom stereocenters. The molecule has 82 valence electrons. The summed E-state index contributed by atoms with van der Waals surface area (Å²) >= 11 is 5.35. The summed E-state index contributed by atoms with van der Waals surface area (Å²) in [6, 6.07) is 2.10. The zero-order valence-electron chi connectivity index (χ0n) is 8.67. The highest BCUT2D eigenvalue weighted by molar-refractivity contribution is 9.10. The highest BCUT2D eigenvalue weighted by atomic mass is 79.9. The zero-order valence-corrected chi connectivity index (χ0v) is 11.1. The Morgan fingerprint density at radius 2 is 2.33 bits per heavy atom. The van der Waals surface area contributed by atoms with Gasteiger partial charge in [0.15, 0.2) is 0 Å². The summed E-state index contributed by atoms with van der Waals surface area (Å²) in [6.45, 7) is 0. The van der Waals surface area contributed by atoms with Crippen LogP contribution in [0.4, 0.5) is 0 Å². The van der Waals surface area contributed by atoms with Crippen molar-refractivity contribution in [1.82, 2.24) is 0 Å². The van der Waals surface area contributed by atoms with Gasteiger partial charge < -0.3 is 0 Å². The second kappa shape index (κ2) is 5.26. The quantitative estimate of drug-likeness (QED) is 0.745. The first kappa shape index (κ1) is 11.3. The van der Waals surface area contributed by atoms with Crippen LogP contribution in [0.3, 0.4) is 0 Å². The van der Waals surface area contributed by atoms with E-state index in [1.54, 1.807) is 11.3 Å². The van der Waals surface area contributed by atoms with Crippen LogP contribution < -0.4 is 0 Å². The molecular weight excluding hydrogens is 272 g/mol. The smallest absolute Gasteiger partial charge is 0.133 e. The summed E-state index contributed by atoms with van der Waals surface area (Å²) in [6.07, 6.45) is 6.22. The van der Waals surface area contributed by atoms with E-state index in [0.717, 1.165) is 25.7 Å². The van der Waals surface area contributed by atoms with Crippen LogP contribution in [0.5, 0.6) is 0 Å². The van der Waals surface area contributed by atoms with Gasteiger partial charge >= 0.3 is 0 Å². The molecule has 1 saturated carbocycles. The fourth-order valence-corrected chi connectivity index (χ4v) is 3.82. The maximum Gasteiger partial charge on any atom is 0.133 e. The Labute approximate surface area is 103 Å². The molecule has 1 aromatic heterocycles. The molecule has 1 aromatic rings. The van der Waals surface area contributed by atoms with E-state index in [2.05, 4.69) is 27.4 Å². The Morgan fingerprint density at radius 3 is 3.07 bits per heavy atom. The van der Waals surface area contributed by atoms with Gasteiger partial charge in [0.25, 0.3) is 0 Å². The lowest BCUT2D eigenvalue weighted by molar-refractivity contribution is -0.119. The fraction of sp³-hybridized carbons (Fsp3) is 0.583. The third kappa shape index (κ3) is 3.15. The standard InChI is InChI=1S/C12H15BrOS/c13-11-5-6-15-12(11)8-9-3-1-2-4-10(14)7-9/h5-6,9H,1-4,7-8H2. The highest BCUT2D eigenvalue weighted by Gasteiger charge is 2.19. The van der Waals surface area contributed by atoms with Crippen LogP contribution >= 0.6 is 27.3 Å². The van der Waals surface area contributed by atoms with Gasteiger partial charge in [-0.1, -0.05) is 6.42 Å². The van der Waals surface area contributed by atoms with Crippen molar-refractivity contribution in [3.63, 3.8) is 0 Å². The van der Waals surface area contributed by atoms with Crippen LogP contribution in [0.1, 0.15) is 37.0 Å². The molecule has 0 saturated heterocycles. The van der Waals surface area contributed by atoms with Gasteiger partial charge in [0.05, 0.1) is 0 Å². The predicted octanol–water partition coefficient (Wildman–Crippen LogP) is 4.20. The molecule has 0 bridgehead atoms. The van der Waals surface area contributed by atoms with Gasteiger partial charge in [-0.25, -0.2) is 0 Å². The highest BCUT2D eigenvalue weighted by Crippen LogP contribution is 2.30. The molecule has 0 aromatic carbocycles. The molecule has 0 radical (unpaired) electrons. The minimum Gasteiger partial charge on any atom is -0.300 e. The van der Waals surface area contributed by atoms with E-state index >= 15 is 0 Å². The molecule has 1 fully saturated rings. The van der Waals surface area contributed by atoms with E-state index in [1.165, 1.54) is 22.2 Å². The van der Waals surface area contributed by atoms with E-state index in [-0.39, 0.29) is 0 Å². The molecule has 2 rings (SSSR count). The first-order chi connectivity index (χ1) is 7.25. The van der Waals surface area contributed by atoms with Crippen LogP contribution in [0, 0.1) is 5.92 Å². The van der Waals surface area contributed by atoms with E-state index < -0.39 is 0 Å². The minimum absolute atomic E-state index is 0.463. The zero-order chi connectivity index (χ0) is 10.7. The summed E-state index contributed by atoms with van der Waals surface area (Å²) in [7, 11) is 0. The average Bonchev–Trinajstić information content (AvgIpc) is 2.48. The number of ketones is 1. The van der Waals surface area contributed by atoms with E-state index in [4.69, 9.17) is 0 Å². The molecule has 3 heteroatoms. The second-order valence-corrected chi connectivity index (χ2v) is 6.11. The average molecular weight is 287 g/mol. The van der Waals surface area contributed by atoms with Gasteiger partial charge in [-0.05, 0) is 52.6 Å². The third-order valence-corrected chi connectivity index (χ3v) is 4.95. The van der Waals surface area contributed by atoms with Gasteiger partial charge in [0.2, 0.25) is 0 Å². The summed E-state index contributed by atoms with van der Waals surface area (Å²) in [5.41, 5.74) is 0. The minimum atomic E-state index is 0.463. The maximum absolute atomic E-state index is 11.5. The lowest BCUT2D eigenvalue weighted by Crippen LogP contribution is -2.07. The number of Topliss-reactive ketones (excluding diaryl/α,β-unsaturated/α-hetero) is 1. The number of carbonyl (C=O) groups excluding carboxylic acids is 1. The molecule has 1 atom stereocenters. The van der Waals surface area contributed by atoms with Gasteiger partial charge in [-0.2, -0.15) is 0 Å². The van der Waals surface area contributed by atoms with Crippen LogP contribution in [-0.2, 0) is 11.2 Å². The molecule has 15 heavy (non-hydrogen) atoms. The Morgan fingerprint density at radius 1 is 1.47 bits per heavy atom. The van der Waals surface area contributed by atoms with Gasteiger partial charge in [-0.3, -0.25) is 4.79 Å². The van der Waals surface area contributed by atoms with Gasteiger partial charge in [-0.15, -0.1) is 11.3 Å². The molecule has 1 aliphatic rings. The monoisotopic (exact) mass is 286 g/mol. The molecule has 1 nitrogen and oxygen atoms in total. The molecule has 1 heterocycles. The van der Waals surface area contributed by atoms with E-state index in [0.29, 0.717) is 11.7 Å². The van der Waals surface area contributed by atoms with Crippen molar-refractivity contribution in [3.05, 3.63) is 20.8 Å². The largest absolute Gasteiger partial charge is 0.300 e. The Bertz CT molecular complexity index is 345. The predicted molar refractivity (Wildman–Crippen MR) is 67.3 cm³/mol. The Kier molecular flexibility index (Phi) is 3.98. The maximum atomic E-state index is 11.5. The summed E-state index contributed by atoms with van der Waals surface area (Å²) in [5, 5.41) is 2.11. The van der Waals surface area contributed by atoms with E-state index in [1.807, 2.05) is 0 Å². The topological polar surface area (TPSA) is 17.1 Å². The van der Waals surface area contributed by atoms with Crippen molar-refractivity contribution in [2.45, 2.75) is 38.5 Å². The summed E-state index contributed by atoms with van der Waals surface area (Å²) in [5.74, 6) is 1.04. The SMILES string of the molecule is O=C1CCCCC(Cc2sccc2Br)C1. The number of halogens is 1. The van der Waals surface area contributed by atoms with Crippen molar-refractivity contribution in [2.75, 3.05) is 0 Å². The van der Waals surface area contributed by atoms with Crippen molar-refractivity contribution in [1.29, 1.82) is 0 Å². The number of hydrogen-bond donors (Lipinski definition) is 0. The first-order valence-corrected chi connectivity index (χ1v) is 7.16. The second-order valence-electron chi connectivity index (χ2n) is 4.25.